The van der Waals surface area contributed by atoms with Gasteiger partial charge in [-0.2, -0.15) is 0 Å². The van der Waals surface area contributed by atoms with Gasteiger partial charge >= 0.3 is 0 Å². The molecule has 0 saturated heterocycles. The molecule has 5 nitrogen and oxygen atoms in total. The average Bonchev–Trinajstić information content (AvgIpc) is 2.38. The molecule has 0 radical (unpaired) electrons. The molecule has 0 aromatic heterocycles. The molecule has 3 N–H and O–H groups in total. The van der Waals surface area contributed by atoms with Gasteiger partial charge in [-0.1, -0.05) is 6.07 Å². The van der Waals surface area contributed by atoms with E-state index >= 15 is 0 Å². The van der Waals surface area contributed by atoms with Crippen LogP contribution in [0.5, 0.6) is 11.5 Å². The van der Waals surface area contributed by atoms with Gasteiger partial charge in [-0.15, -0.1) is 0 Å². The smallest absolute Gasteiger partial charge is 0.127 e. The van der Waals surface area contributed by atoms with Crippen molar-refractivity contribution in [2.45, 2.75) is 13.0 Å². The van der Waals surface area contributed by atoms with E-state index in [0.717, 1.165) is 11.3 Å². The summed E-state index contributed by atoms with van der Waals surface area (Å²) in [5.74, 6) is 1.43. The molecular formula is C13H21NO4. The molecule has 0 heterocycles. The van der Waals surface area contributed by atoms with Gasteiger partial charge in [-0.25, -0.2) is 0 Å². The van der Waals surface area contributed by atoms with Crippen LogP contribution >= 0.6 is 0 Å². The largest absolute Gasteiger partial charge is 0.497 e. The molecule has 5 heteroatoms. The van der Waals surface area contributed by atoms with Crippen LogP contribution < -0.4 is 15.2 Å². The summed E-state index contributed by atoms with van der Waals surface area (Å²) in [7, 11) is 1.61. The molecule has 0 fully saturated rings. The molecule has 1 aromatic carbocycles. The Balaban J connectivity index is 2.60. The summed E-state index contributed by atoms with van der Waals surface area (Å²) < 4.78 is 15.9. The fourth-order valence-electron chi connectivity index (χ4n) is 1.52. The van der Waals surface area contributed by atoms with E-state index in [-0.39, 0.29) is 12.6 Å². The fraction of sp³-hybridized carbons (Fsp3) is 0.538. The van der Waals surface area contributed by atoms with E-state index in [0.29, 0.717) is 25.6 Å². The Kier molecular flexibility index (Phi) is 6.49. The maximum Gasteiger partial charge on any atom is 0.127 e. The normalized spacial score (nSPS) is 12.2. The SMILES string of the molecule is COc1ccc([C@@H](C)N)c(OCCOCCO)c1. The van der Waals surface area contributed by atoms with Crippen LogP contribution in [0.25, 0.3) is 0 Å². The molecule has 1 atom stereocenters. The number of aliphatic hydroxyl groups excluding tert-OH is 1. The van der Waals surface area contributed by atoms with Crippen molar-refractivity contribution in [3.8, 4) is 11.5 Å². The topological polar surface area (TPSA) is 73.9 Å². The van der Waals surface area contributed by atoms with Gasteiger partial charge in [-0.3, -0.25) is 0 Å². The number of methoxy groups -OCH3 is 1. The zero-order chi connectivity index (χ0) is 13.4. The second-order valence-corrected chi connectivity index (χ2v) is 3.88. The molecule has 1 rings (SSSR count). The Bertz CT molecular complexity index is 355. The lowest BCUT2D eigenvalue weighted by atomic mass is 10.1. The molecule has 102 valence electrons. The highest BCUT2D eigenvalue weighted by atomic mass is 16.5. The van der Waals surface area contributed by atoms with Gasteiger partial charge in [-0.05, 0) is 13.0 Å². The van der Waals surface area contributed by atoms with Gasteiger partial charge in [0.2, 0.25) is 0 Å². The lowest BCUT2D eigenvalue weighted by molar-refractivity contribution is 0.0702. The summed E-state index contributed by atoms with van der Waals surface area (Å²) in [6.45, 7) is 3.08. The fourth-order valence-corrected chi connectivity index (χ4v) is 1.52. The average molecular weight is 255 g/mol. The van der Waals surface area contributed by atoms with Crippen LogP contribution in [0.1, 0.15) is 18.5 Å². The van der Waals surface area contributed by atoms with E-state index in [9.17, 15) is 0 Å². The van der Waals surface area contributed by atoms with Gasteiger partial charge in [0.15, 0.2) is 0 Å². The van der Waals surface area contributed by atoms with Crippen LogP contribution in [-0.4, -0.2) is 38.6 Å². The second-order valence-electron chi connectivity index (χ2n) is 3.88. The minimum atomic E-state index is -0.107. The first-order chi connectivity index (χ1) is 8.69. The van der Waals surface area contributed by atoms with Gasteiger partial charge < -0.3 is 25.1 Å². The van der Waals surface area contributed by atoms with Crippen LogP contribution in [0, 0.1) is 0 Å². The standard InChI is InChI=1S/C13H21NO4/c1-10(14)12-4-3-11(16-2)9-13(12)18-8-7-17-6-5-15/h3-4,9-10,15H,5-8,14H2,1-2H3/t10-/m1/s1. The molecule has 0 amide bonds. The van der Waals surface area contributed by atoms with Crippen molar-refractivity contribution in [1.82, 2.24) is 0 Å². The predicted octanol–water partition coefficient (Wildman–Crippen LogP) is 1.10. The van der Waals surface area contributed by atoms with Crippen molar-refractivity contribution >= 4 is 0 Å². The van der Waals surface area contributed by atoms with Crippen molar-refractivity contribution < 1.29 is 19.3 Å². The maximum atomic E-state index is 8.57. The molecule has 1 aromatic rings. The van der Waals surface area contributed by atoms with Crippen molar-refractivity contribution in [3.63, 3.8) is 0 Å². The second kappa shape index (κ2) is 7.92. The van der Waals surface area contributed by atoms with Crippen LogP contribution in [0.4, 0.5) is 0 Å². The van der Waals surface area contributed by atoms with Crippen molar-refractivity contribution in [3.05, 3.63) is 23.8 Å². The summed E-state index contributed by atoms with van der Waals surface area (Å²) >= 11 is 0. The quantitative estimate of drug-likeness (QED) is 0.680. The lowest BCUT2D eigenvalue weighted by Gasteiger charge is -2.15. The number of rotatable bonds is 8. The van der Waals surface area contributed by atoms with Gasteiger partial charge in [0, 0.05) is 17.7 Å². The van der Waals surface area contributed by atoms with Crippen LogP contribution in [0.15, 0.2) is 18.2 Å². The number of hydrogen-bond donors (Lipinski definition) is 2. The van der Waals surface area contributed by atoms with Gasteiger partial charge in [0.05, 0.1) is 26.9 Å². The zero-order valence-corrected chi connectivity index (χ0v) is 10.9. The molecule has 0 aliphatic carbocycles. The molecule has 0 bridgehead atoms. The third kappa shape index (κ3) is 4.52. The van der Waals surface area contributed by atoms with Crippen molar-refractivity contribution in [2.24, 2.45) is 5.73 Å². The predicted molar refractivity (Wildman–Crippen MR) is 69.0 cm³/mol. The van der Waals surface area contributed by atoms with E-state index in [1.807, 2.05) is 25.1 Å². The summed E-state index contributed by atoms with van der Waals surface area (Å²) in [6, 6.07) is 5.45. The van der Waals surface area contributed by atoms with Crippen LogP contribution in [-0.2, 0) is 4.74 Å². The number of aliphatic hydroxyl groups is 1. The summed E-state index contributed by atoms with van der Waals surface area (Å²) in [4.78, 5) is 0. The Morgan fingerprint density at radius 1 is 1.28 bits per heavy atom. The Labute approximate surface area is 107 Å². The summed E-state index contributed by atoms with van der Waals surface area (Å²) in [6.07, 6.45) is 0. The molecular weight excluding hydrogens is 234 g/mol. The monoisotopic (exact) mass is 255 g/mol. The third-order valence-corrected chi connectivity index (χ3v) is 2.43. The molecule has 18 heavy (non-hydrogen) atoms. The first-order valence-corrected chi connectivity index (χ1v) is 5.94. The van der Waals surface area contributed by atoms with Crippen LogP contribution in [0.3, 0.4) is 0 Å². The Morgan fingerprint density at radius 2 is 2.06 bits per heavy atom. The van der Waals surface area contributed by atoms with E-state index in [1.165, 1.54) is 0 Å². The number of benzene rings is 1. The lowest BCUT2D eigenvalue weighted by Crippen LogP contribution is -2.12. The Morgan fingerprint density at radius 3 is 2.67 bits per heavy atom. The molecule has 0 unspecified atom stereocenters. The number of ether oxygens (including phenoxy) is 3. The first kappa shape index (κ1) is 14.8. The maximum absolute atomic E-state index is 8.57. The number of nitrogens with two attached hydrogens (primary N) is 1. The van der Waals surface area contributed by atoms with Gasteiger partial charge in [0.1, 0.15) is 18.1 Å². The highest BCUT2D eigenvalue weighted by molar-refractivity contribution is 5.42. The minimum absolute atomic E-state index is 0.0181. The molecule has 0 aliphatic heterocycles. The van der Waals surface area contributed by atoms with E-state index < -0.39 is 0 Å². The summed E-state index contributed by atoms with van der Waals surface area (Å²) in [5, 5.41) is 8.57. The minimum Gasteiger partial charge on any atom is -0.497 e. The van der Waals surface area contributed by atoms with E-state index in [4.69, 9.17) is 25.1 Å². The van der Waals surface area contributed by atoms with E-state index in [2.05, 4.69) is 0 Å². The van der Waals surface area contributed by atoms with E-state index in [1.54, 1.807) is 7.11 Å². The molecule has 0 spiro atoms. The Hall–Kier alpha value is -1.30. The molecule has 0 saturated carbocycles. The summed E-state index contributed by atoms with van der Waals surface area (Å²) in [5.41, 5.74) is 6.80. The third-order valence-electron chi connectivity index (χ3n) is 2.43. The molecule has 0 aliphatic rings. The highest BCUT2D eigenvalue weighted by Gasteiger charge is 2.09. The van der Waals surface area contributed by atoms with Gasteiger partial charge in [0.25, 0.3) is 0 Å². The first-order valence-electron chi connectivity index (χ1n) is 5.94. The van der Waals surface area contributed by atoms with Crippen LogP contribution in [0.2, 0.25) is 0 Å². The zero-order valence-electron chi connectivity index (χ0n) is 10.9. The number of hydrogen-bond acceptors (Lipinski definition) is 5. The van der Waals surface area contributed by atoms with Crippen molar-refractivity contribution in [2.75, 3.05) is 33.5 Å². The highest BCUT2D eigenvalue weighted by Crippen LogP contribution is 2.28. The van der Waals surface area contributed by atoms with Crippen molar-refractivity contribution in [1.29, 1.82) is 0 Å².